The molecule has 0 bridgehead atoms. The third kappa shape index (κ3) is 6.44. The van der Waals surface area contributed by atoms with Crippen molar-refractivity contribution in [3.63, 3.8) is 0 Å². The van der Waals surface area contributed by atoms with Gasteiger partial charge in [0, 0.05) is 33.3 Å². The molecule has 19 heavy (non-hydrogen) atoms. The fourth-order valence-electron chi connectivity index (χ4n) is 2.01. The van der Waals surface area contributed by atoms with E-state index >= 15 is 0 Å². The molecule has 1 saturated heterocycles. The molecule has 2 aliphatic rings. The molecular weight excluding hydrogens is 403 g/mol. The van der Waals surface area contributed by atoms with Crippen LogP contribution in [0.25, 0.3) is 0 Å². The Labute approximate surface area is 130 Å². The van der Waals surface area contributed by atoms with Gasteiger partial charge in [0.2, 0.25) is 0 Å². The summed E-state index contributed by atoms with van der Waals surface area (Å²) in [4.78, 5) is 0. The summed E-state index contributed by atoms with van der Waals surface area (Å²) in [5.74, 6) is 0. The maximum absolute atomic E-state index is 11.7. The smallest absolute Gasteiger partial charge is 0.277 e. The summed E-state index contributed by atoms with van der Waals surface area (Å²) < 4.78 is 39.6. The number of halogens is 1. The van der Waals surface area contributed by atoms with Crippen molar-refractivity contribution in [3.05, 3.63) is 0 Å². The molecule has 0 radical (unpaired) electrons. The van der Waals surface area contributed by atoms with Crippen LogP contribution < -0.4 is 9.44 Å². The van der Waals surface area contributed by atoms with E-state index in [1.807, 2.05) is 0 Å². The number of ether oxygens (including phenoxy) is 1. The van der Waals surface area contributed by atoms with Gasteiger partial charge in [0.05, 0.1) is 28.5 Å². The maximum Gasteiger partial charge on any atom is 0.277 e. The Bertz CT molecular complexity index is 370. The zero-order valence-electron chi connectivity index (χ0n) is 10.5. The molecule has 0 aromatic rings. The molecule has 1 saturated carbocycles. The van der Waals surface area contributed by atoms with Crippen molar-refractivity contribution in [2.45, 2.75) is 50.3 Å². The van der Waals surface area contributed by atoms with Crippen molar-refractivity contribution in [1.29, 1.82) is 0 Å². The molecule has 0 spiro atoms. The minimum Gasteiger partial charge on any atom is -0.376 e. The van der Waals surface area contributed by atoms with Gasteiger partial charge in [-0.05, 0) is 32.1 Å². The molecule has 1 aliphatic carbocycles. The zero-order chi connectivity index (χ0) is 13.7. The first-order chi connectivity index (χ1) is 9.09. The maximum atomic E-state index is 11.7. The molecule has 1 heterocycles. The normalized spacial score (nSPS) is 28.5. The third-order valence-electron chi connectivity index (χ3n) is 3.16. The predicted octanol–water partition coefficient (Wildman–Crippen LogP) is 1.53. The third-order valence-corrected chi connectivity index (χ3v) is 5.46. The van der Waals surface area contributed by atoms with E-state index < -0.39 is 10.2 Å². The Hall–Kier alpha value is 0.870. The van der Waals surface area contributed by atoms with Gasteiger partial charge in [0.25, 0.3) is 10.2 Å². The molecule has 1 aliphatic heterocycles. The van der Waals surface area contributed by atoms with E-state index in [0.717, 1.165) is 32.1 Å². The highest BCUT2D eigenvalue weighted by Crippen LogP contribution is 2.21. The van der Waals surface area contributed by atoms with Gasteiger partial charge >= 0.3 is 0 Å². The van der Waals surface area contributed by atoms with Crippen molar-refractivity contribution < 1.29 is 17.3 Å². The molecule has 0 unspecified atom stereocenters. The van der Waals surface area contributed by atoms with Crippen LogP contribution in [-0.4, -0.2) is 39.8 Å². The summed E-state index contributed by atoms with van der Waals surface area (Å²) in [5.41, 5.74) is 0. The van der Waals surface area contributed by atoms with Gasteiger partial charge in [-0.1, -0.05) is 0 Å². The van der Waals surface area contributed by atoms with E-state index in [-0.39, 0.29) is 18.2 Å². The Morgan fingerprint density at radius 1 is 1.21 bits per heavy atom. The number of hydrogen-bond donors (Lipinski definition) is 2. The van der Waals surface area contributed by atoms with E-state index in [1.54, 1.807) is 0 Å². The second-order valence-electron chi connectivity index (χ2n) is 4.92. The topological polar surface area (TPSA) is 76.7 Å². The molecule has 2 fully saturated rings. The lowest BCUT2D eigenvalue weighted by Crippen LogP contribution is -2.48. The van der Waals surface area contributed by atoms with Gasteiger partial charge in [-0.25, -0.2) is 0 Å². The van der Waals surface area contributed by atoms with Gasteiger partial charge in [-0.2, -0.15) is 17.9 Å². The molecule has 0 amide bonds. The SMILES string of the molecule is O=S(=O)(NC1CC1)N[C@@H]1CC[C@@H](CCOSI)OC1. The Kier molecular flexibility index (Phi) is 6.63. The van der Waals surface area contributed by atoms with Crippen LogP contribution in [0.1, 0.15) is 32.1 Å². The quantitative estimate of drug-likeness (QED) is 0.353. The lowest BCUT2D eigenvalue weighted by molar-refractivity contribution is -0.00759. The highest BCUT2D eigenvalue weighted by Gasteiger charge is 2.30. The molecule has 112 valence electrons. The van der Waals surface area contributed by atoms with Gasteiger partial charge in [0.1, 0.15) is 0 Å². The highest BCUT2D eigenvalue weighted by molar-refractivity contribution is 14.2. The van der Waals surface area contributed by atoms with Crippen LogP contribution in [0, 0.1) is 0 Å². The van der Waals surface area contributed by atoms with Crippen LogP contribution in [0.15, 0.2) is 0 Å². The van der Waals surface area contributed by atoms with Crippen LogP contribution >= 0.6 is 30.4 Å². The largest absolute Gasteiger partial charge is 0.376 e. The van der Waals surface area contributed by atoms with E-state index in [0.29, 0.717) is 13.2 Å². The highest BCUT2D eigenvalue weighted by atomic mass is 127. The molecular formula is C10H19IN2O4S2. The predicted molar refractivity (Wildman–Crippen MR) is 83.2 cm³/mol. The molecule has 6 nitrogen and oxygen atoms in total. The molecule has 2 N–H and O–H groups in total. The second-order valence-corrected chi connectivity index (χ2v) is 7.84. The lowest BCUT2D eigenvalue weighted by atomic mass is 10.0. The molecule has 0 aromatic carbocycles. The summed E-state index contributed by atoms with van der Waals surface area (Å²) in [6.45, 7) is 1.10. The minimum atomic E-state index is -3.37. The van der Waals surface area contributed by atoms with Gasteiger partial charge in [0.15, 0.2) is 0 Å². The summed E-state index contributed by atoms with van der Waals surface area (Å²) in [7, 11) is -2.04. The van der Waals surface area contributed by atoms with Crippen LogP contribution in [0.3, 0.4) is 0 Å². The molecule has 0 aromatic heterocycles. The van der Waals surface area contributed by atoms with Crippen LogP contribution in [0.2, 0.25) is 0 Å². The van der Waals surface area contributed by atoms with Crippen molar-refractivity contribution >= 4 is 40.6 Å². The van der Waals surface area contributed by atoms with E-state index in [9.17, 15) is 8.42 Å². The van der Waals surface area contributed by atoms with Crippen molar-refractivity contribution in [1.82, 2.24) is 9.44 Å². The first-order valence-corrected chi connectivity index (χ1v) is 11.2. The van der Waals surface area contributed by atoms with Crippen molar-refractivity contribution in [3.8, 4) is 0 Å². The summed E-state index contributed by atoms with van der Waals surface area (Å²) in [6.07, 6.45) is 4.61. The Morgan fingerprint density at radius 3 is 2.47 bits per heavy atom. The summed E-state index contributed by atoms with van der Waals surface area (Å²) in [6, 6.07) is 0.0186. The lowest BCUT2D eigenvalue weighted by Gasteiger charge is -2.29. The molecule has 9 heteroatoms. The minimum absolute atomic E-state index is 0.118. The van der Waals surface area contributed by atoms with Crippen molar-refractivity contribution in [2.75, 3.05) is 13.2 Å². The Balaban J connectivity index is 1.65. The average Bonchev–Trinajstić information content (AvgIpc) is 3.14. The average molecular weight is 422 g/mol. The van der Waals surface area contributed by atoms with E-state index in [1.165, 1.54) is 9.21 Å². The van der Waals surface area contributed by atoms with Gasteiger partial charge < -0.3 is 8.92 Å². The van der Waals surface area contributed by atoms with Crippen LogP contribution in [0.5, 0.6) is 0 Å². The molecule has 2 atom stereocenters. The fraction of sp³-hybridized carbons (Fsp3) is 1.00. The first kappa shape index (κ1) is 16.2. The first-order valence-electron chi connectivity index (χ1n) is 6.40. The standard InChI is InChI=1S/C10H19IN2O4S2/c11-18-17-6-5-10-4-3-9(7-16-10)13-19(14,15)12-8-1-2-8/h8-10,12-13H,1-7H2/t9-,10+/m1/s1. The summed E-state index contributed by atoms with van der Waals surface area (Å²) >= 11 is 2.08. The van der Waals surface area contributed by atoms with Crippen LogP contribution in [0.4, 0.5) is 0 Å². The van der Waals surface area contributed by atoms with Crippen LogP contribution in [-0.2, 0) is 19.1 Å². The van der Waals surface area contributed by atoms with Crippen molar-refractivity contribution in [2.24, 2.45) is 0 Å². The number of hydrogen-bond acceptors (Lipinski definition) is 5. The number of nitrogens with one attached hydrogen (secondary N) is 2. The zero-order valence-corrected chi connectivity index (χ0v) is 14.3. The monoisotopic (exact) mass is 422 g/mol. The molecule has 2 rings (SSSR count). The van der Waals surface area contributed by atoms with Gasteiger partial charge in [-0.3, -0.25) is 0 Å². The van der Waals surface area contributed by atoms with E-state index in [4.69, 9.17) is 8.92 Å². The number of rotatable bonds is 8. The van der Waals surface area contributed by atoms with Gasteiger partial charge in [-0.15, -0.1) is 0 Å². The fourth-order valence-corrected chi connectivity index (χ4v) is 4.08. The Morgan fingerprint density at radius 2 is 1.89 bits per heavy atom. The van der Waals surface area contributed by atoms with E-state index in [2.05, 4.69) is 30.6 Å². The second kappa shape index (κ2) is 7.76. The summed E-state index contributed by atoms with van der Waals surface area (Å²) in [5, 5.41) is 0.